The van der Waals surface area contributed by atoms with Crippen LogP contribution in [0.4, 0.5) is 4.79 Å². The van der Waals surface area contributed by atoms with E-state index in [1.807, 2.05) is 43.3 Å². The summed E-state index contributed by atoms with van der Waals surface area (Å²) in [6.45, 7) is 3.65. The zero-order valence-electron chi connectivity index (χ0n) is 16.0. The summed E-state index contributed by atoms with van der Waals surface area (Å²) in [5, 5.41) is 3.34. The van der Waals surface area contributed by atoms with E-state index in [0.29, 0.717) is 17.1 Å². The van der Waals surface area contributed by atoms with Crippen LogP contribution >= 0.6 is 11.6 Å². The summed E-state index contributed by atoms with van der Waals surface area (Å²) < 4.78 is 0. The smallest absolute Gasteiger partial charge is 0.325 e. The number of aryl methyl sites for hydroxylation is 1. The van der Waals surface area contributed by atoms with E-state index in [0.717, 1.165) is 16.0 Å². The van der Waals surface area contributed by atoms with Gasteiger partial charge in [-0.3, -0.25) is 14.5 Å². The number of urea groups is 1. The monoisotopic (exact) mass is 399 g/mol. The molecule has 0 bridgehead atoms. The first kappa shape index (κ1) is 19.9. The summed E-state index contributed by atoms with van der Waals surface area (Å²) in [5.74, 6) is -0.763. The number of hydrogen-bond donors (Lipinski definition) is 1. The maximum absolute atomic E-state index is 12.9. The van der Waals surface area contributed by atoms with Gasteiger partial charge in [0.25, 0.3) is 5.91 Å². The molecule has 28 heavy (non-hydrogen) atoms. The molecule has 0 aliphatic carbocycles. The third-order valence-electron chi connectivity index (χ3n) is 4.96. The van der Waals surface area contributed by atoms with Crippen LogP contribution in [0.1, 0.15) is 23.6 Å². The first-order chi connectivity index (χ1) is 13.2. The van der Waals surface area contributed by atoms with Crippen LogP contribution in [-0.2, 0) is 21.7 Å². The summed E-state index contributed by atoms with van der Waals surface area (Å²) in [5.41, 5.74) is 1.46. The third-order valence-corrected chi connectivity index (χ3v) is 5.21. The summed E-state index contributed by atoms with van der Waals surface area (Å²) in [6.07, 6.45) is 0. The highest BCUT2D eigenvalue weighted by molar-refractivity contribution is 6.30. The number of carbonyl (C=O) groups excluding carboxylic acids is 3. The van der Waals surface area contributed by atoms with Gasteiger partial charge in [0.2, 0.25) is 5.91 Å². The first-order valence-electron chi connectivity index (χ1n) is 8.90. The fraction of sp³-hybridized carbons (Fsp3) is 0.286. The van der Waals surface area contributed by atoms with Crippen molar-refractivity contribution in [1.82, 2.24) is 15.1 Å². The molecule has 1 unspecified atom stereocenters. The van der Waals surface area contributed by atoms with Crippen LogP contribution in [0.25, 0.3) is 0 Å². The number of nitrogens with one attached hydrogen (secondary N) is 1. The van der Waals surface area contributed by atoms with Gasteiger partial charge in [0, 0.05) is 18.6 Å². The quantitative estimate of drug-likeness (QED) is 0.785. The fourth-order valence-electron chi connectivity index (χ4n) is 3.13. The Morgan fingerprint density at radius 1 is 1.11 bits per heavy atom. The van der Waals surface area contributed by atoms with Crippen LogP contribution in [0.3, 0.4) is 0 Å². The number of rotatable bonds is 5. The lowest BCUT2D eigenvalue weighted by Crippen LogP contribution is -2.43. The number of hydrogen-bond acceptors (Lipinski definition) is 3. The molecule has 0 aromatic heterocycles. The molecule has 1 heterocycles. The van der Waals surface area contributed by atoms with Crippen molar-refractivity contribution in [2.45, 2.75) is 25.9 Å². The Bertz CT molecular complexity index is 911. The summed E-state index contributed by atoms with van der Waals surface area (Å²) in [7, 11) is 1.63. The lowest BCUT2D eigenvalue weighted by Gasteiger charge is -2.23. The maximum Gasteiger partial charge on any atom is 0.325 e. The normalized spacial score (nSPS) is 18.9. The molecule has 146 valence electrons. The second-order valence-corrected chi connectivity index (χ2v) is 7.63. The molecule has 2 aromatic carbocycles. The average Bonchev–Trinajstić information content (AvgIpc) is 2.88. The Hall–Kier alpha value is -2.86. The van der Waals surface area contributed by atoms with Gasteiger partial charge in [0.1, 0.15) is 12.1 Å². The van der Waals surface area contributed by atoms with E-state index < -0.39 is 17.5 Å². The molecule has 0 saturated carbocycles. The number of carbonyl (C=O) groups is 3. The first-order valence-corrected chi connectivity index (χ1v) is 9.28. The number of amides is 4. The van der Waals surface area contributed by atoms with Crippen molar-refractivity contribution in [3.05, 3.63) is 70.2 Å². The highest BCUT2D eigenvalue weighted by Crippen LogP contribution is 2.29. The Morgan fingerprint density at radius 2 is 1.71 bits per heavy atom. The average molecular weight is 400 g/mol. The molecule has 1 saturated heterocycles. The molecule has 2 aromatic rings. The van der Waals surface area contributed by atoms with Crippen molar-refractivity contribution in [3.8, 4) is 0 Å². The van der Waals surface area contributed by atoms with E-state index in [4.69, 9.17) is 11.6 Å². The van der Waals surface area contributed by atoms with Crippen molar-refractivity contribution in [2.24, 2.45) is 0 Å². The van der Waals surface area contributed by atoms with Gasteiger partial charge in [-0.05, 0) is 37.1 Å². The van der Waals surface area contributed by atoms with Crippen molar-refractivity contribution in [3.63, 3.8) is 0 Å². The fourth-order valence-corrected chi connectivity index (χ4v) is 3.26. The van der Waals surface area contributed by atoms with Crippen molar-refractivity contribution >= 4 is 29.4 Å². The Labute approximate surface area is 169 Å². The van der Waals surface area contributed by atoms with Crippen molar-refractivity contribution in [2.75, 3.05) is 13.6 Å². The predicted molar refractivity (Wildman–Crippen MR) is 107 cm³/mol. The third kappa shape index (κ3) is 3.87. The van der Waals surface area contributed by atoms with Crippen LogP contribution in [0.5, 0.6) is 0 Å². The minimum Gasteiger partial charge on any atom is -0.340 e. The molecule has 1 N–H and O–H groups in total. The lowest BCUT2D eigenvalue weighted by atomic mass is 9.91. The topological polar surface area (TPSA) is 69.7 Å². The number of nitrogens with zero attached hydrogens (tertiary/aromatic N) is 2. The van der Waals surface area contributed by atoms with Gasteiger partial charge in [-0.25, -0.2) is 4.79 Å². The molecule has 1 fully saturated rings. The van der Waals surface area contributed by atoms with Crippen molar-refractivity contribution < 1.29 is 14.4 Å². The van der Waals surface area contributed by atoms with Crippen LogP contribution in [0.15, 0.2) is 48.5 Å². The van der Waals surface area contributed by atoms with Gasteiger partial charge < -0.3 is 10.2 Å². The standard InChI is InChI=1S/C21H22ClN3O3/c1-14-4-8-16(9-5-14)21(2)19(27)25(20(28)23-21)13-18(26)24(3)12-15-6-10-17(22)11-7-15/h4-11H,12-13H2,1-3H3,(H,23,28). The molecule has 1 atom stereocenters. The van der Waals surface area contributed by atoms with Gasteiger partial charge in [-0.2, -0.15) is 0 Å². The SMILES string of the molecule is Cc1ccc(C2(C)NC(=O)N(CC(=O)N(C)Cc3ccc(Cl)cc3)C2=O)cc1. The molecule has 1 aliphatic heterocycles. The van der Waals surface area contributed by atoms with Crippen LogP contribution in [0.2, 0.25) is 5.02 Å². The number of benzene rings is 2. The molecule has 3 rings (SSSR count). The van der Waals surface area contributed by atoms with Gasteiger partial charge >= 0.3 is 6.03 Å². The zero-order chi connectivity index (χ0) is 20.5. The van der Waals surface area contributed by atoms with Gasteiger partial charge in [0.05, 0.1) is 0 Å². The maximum atomic E-state index is 12.9. The van der Waals surface area contributed by atoms with E-state index in [1.165, 1.54) is 4.90 Å². The minimum absolute atomic E-state index is 0.309. The Balaban J connectivity index is 1.70. The number of halogens is 1. The second kappa shape index (κ2) is 7.64. The van der Waals surface area contributed by atoms with Crippen LogP contribution < -0.4 is 5.32 Å². The minimum atomic E-state index is -1.18. The summed E-state index contributed by atoms with van der Waals surface area (Å²) in [4.78, 5) is 40.4. The molecule has 4 amide bonds. The Kier molecular flexibility index (Phi) is 5.42. The molecule has 0 spiro atoms. The molecule has 1 aliphatic rings. The zero-order valence-corrected chi connectivity index (χ0v) is 16.8. The number of imide groups is 1. The van der Waals surface area contributed by atoms with Crippen molar-refractivity contribution in [1.29, 1.82) is 0 Å². The van der Waals surface area contributed by atoms with E-state index in [9.17, 15) is 14.4 Å². The van der Waals surface area contributed by atoms with Crippen LogP contribution in [-0.4, -0.2) is 41.2 Å². The largest absolute Gasteiger partial charge is 0.340 e. The van der Waals surface area contributed by atoms with Crippen LogP contribution in [0, 0.1) is 6.92 Å². The molecule has 7 heteroatoms. The highest BCUT2D eigenvalue weighted by Gasteiger charge is 2.49. The highest BCUT2D eigenvalue weighted by atomic mass is 35.5. The van der Waals surface area contributed by atoms with Gasteiger partial charge in [-0.1, -0.05) is 53.6 Å². The molecule has 6 nitrogen and oxygen atoms in total. The van der Waals surface area contributed by atoms with E-state index in [1.54, 1.807) is 26.1 Å². The number of likely N-dealkylation sites (N-methyl/N-ethyl adjacent to an activating group) is 1. The predicted octanol–water partition coefficient (Wildman–Crippen LogP) is 3.07. The molecule has 0 radical (unpaired) electrons. The van der Waals surface area contributed by atoms with E-state index in [2.05, 4.69) is 5.32 Å². The molecular weight excluding hydrogens is 378 g/mol. The Morgan fingerprint density at radius 3 is 2.32 bits per heavy atom. The van der Waals surface area contributed by atoms with Gasteiger partial charge in [-0.15, -0.1) is 0 Å². The second-order valence-electron chi connectivity index (χ2n) is 7.19. The molecular formula is C21H22ClN3O3. The lowest BCUT2D eigenvalue weighted by molar-refractivity contribution is -0.138. The van der Waals surface area contributed by atoms with Gasteiger partial charge in [0.15, 0.2) is 0 Å². The van der Waals surface area contributed by atoms with E-state index >= 15 is 0 Å². The van der Waals surface area contributed by atoms with E-state index in [-0.39, 0.29) is 12.5 Å². The summed E-state index contributed by atoms with van der Waals surface area (Å²) >= 11 is 5.87. The summed E-state index contributed by atoms with van der Waals surface area (Å²) in [6, 6.07) is 14.0.